The number of aromatic nitrogens is 2. The van der Waals surface area contributed by atoms with Crippen LogP contribution in [0.25, 0.3) is 0 Å². The van der Waals surface area contributed by atoms with Crippen LogP contribution in [0.1, 0.15) is 72.1 Å². The first-order valence-corrected chi connectivity index (χ1v) is 18.1. The number of anilines is 1. The van der Waals surface area contributed by atoms with Crippen LogP contribution in [0.4, 0.5) is 10.5 Å². The maximum atomic E-state index is 15.9. The molecule has 0 fully saturated rings. The molecule has 4 aromatic carbocycles. The second-order valence-electron chi connectivity index (χ2n) is 13.7. The molecule has 2 atom stereocenters. The molecule has 2 heterocycles. The van der Waals surface area contributed by atoms with Crippen molar-refractivity contribution in [1.29, 1.82) is 0 Å². The third-order valence-corrected chi connectivity index (χ3v) is 11.9. The Labute approximate surface area is 281 Å². The van der Waals surface area contributed by atoms with Gasteiger partial charge in [-0.05, 0) is 84.4 Å². The van der Waals surface area contributed by atoms with E-state index in [0.29, 0.717) is 18.4 Å². The topological polar surface area (TPSA) is 97.6 Å². The number of nitrogens with one attached hydrogen (secondary N) is 2. The van der Waals surface area contributed by atoms with Gasteiger partial charge in [0.15, 0.2) is 9.92 Å². The van der Waals surface area contributed by atoms with Crippen molar-refractivity contribution in [2.75, 3.05) is 11.9 Å². The van der Waals surface area contributed by atoms with Crippen molar-refractivity contribution in [3.05, 3.63) is 142 Å². The first-order valence-electron chi connectivity index (χ1n) is 16.6. The predicted octanol–water partition coefficient (Wildman–Crippen LogP) is 7.71. The van der Waals surface area contributed by atoms with Gasteiger partial charge in [0.05, 0.1) is 11.7 Å². The number of amides is 2. The highest BCUT2D eigenvalue weighted by atomic mass is 32.2. The summed E-state index contributed by atoms with van der Waals surface area (Å²) >= 11 is 0. The number of fused-ring (bicyclic) bond motifs is 3. The van der Waals surface area contributed by atoms with Gasteiger partial charge in [-0.2, -0.15) is 9.46 Å². The van der Waals surface area contributed by atoms with Gasteiger partial charge < -0.3 is 10.1 Å². The van der Waals surface area contributed by atoms with E-state index in [9.17, 15) is 4.79 Å². The predicted molar refractivity (Wildman–Crippen MR) is 188 cm³/mol. The highest BCUT2D eigenvalue weighted by molar-refractivity contribution is 7.92. The van der Waals surface area contributed by atoms with Crippen LogP contribution in [0.2, 0.25) is 0 Å². The van der Waals surface area contributed by atoms with E-state index in [0.717, 1.165) is 48.1 Å². The lowest BCUT2D eigenvalue weighted by Crippen LogP contribution is -2.38. The fourth-order valence-corrected chi connectivity index (χ4v) is 9.49. The number of aryl methyl sites for hydroxylation is 1. The number of hydrogen-bond donors (Lipinski definition) is 2. The molecule has 0 saturated heterocycles. The first kappa shape index (κ1) is 30.4. The highest BCUT2D eigenvalue weighted by Gasteiger charge is 2.43. The standard InChI is InChI=1S/C39H39N5O3S/c1-26-22-28-23-27-14-13-21-32(27)35(34(26)28)41-37(45)42-48(46,33-24-40-44-36(33)47-25-38(44,2)3)43-39(29-15-7-4-8-16-29,30-17-9-5-10-18-30)31-19-11-6-12-20-31/h4-12,15-20,23-24,26H,13-14,21-22,25H2,1-3H3,(H2,41,42,43,45,46). The van der Waals surface area contributed by atoms with Crippen molar-refractivity contribution in [2.24, 2.45) is 4.36 Å². The third kappa shape index (κ3) is 4.82. The quantitative estimate of drug-likeness (QED) is 0.175. The Hall–Kier alpha value is -4.89. The van der Waals surface area contributed by atoms with Crippen LogP contribution in [0, 0.1) is 0 Å². The minimum Gasteiger partial charge on any atom is -0.474 e. The molecule has 8 nitrogen and oxygen atoms in total. The van der Waals surface area contributed by atoms with Gasteiger partial charge in [0.1, 0.15) is 17.0 Å². The maximum absolute atomic E-state index is 15.9. The smallest absolute Gasteiger partial charge is 0.331 e. The van der Waals surface area contributed by atoms with Gasteiger partial charge in [0.2, 0.25) is 5.88 Å². The lowest BCUT2D eigenvalue weighted by Gasteiger charge is -2.33. The van der Waals surface area contributed by atoms with Crippen molar-refractivity contribution in [3.63, 3.8) is 0 Å². The van der Waals surface area contributed by atoms with Crippen LogP contribution >= 0.6 is 0 Å². The van der Waals surface area contributed by atoms with Crippen LogP contribution in [-0.4, -0.2) is 26.6 Å². The maximum Gasteiger partial charge on any atom is 0.331 e. The normalized spacial score (nSPS) is 18.4. The van der Waals surface area contributed by atoms with Crippen LogP contribution in [-0.2, 0) is 40.3 Å². The number of carbonyl (C=O) groups is 1. The molecule has 1 aliphatic heterocycles. The summed E-state index contributed by atoms with van der Waals surface area (Å²) in [5.41, 5.74) is 6.47. The van der Waals surface area contributed by atoms with Gasteiger partial charge in [0.25, 0.3) is 0 Å². The number of carbonyl (C=O) groups excluding carboxylic acids is 1. The molecule has 48 heavy (non-hydrogen) atoms. The van der Waals surface area contributed by atoms with E-state index < -0.39 is 27.0 Å². The summed E-state index contributed by atoms with van der Waals surface area (Å²) in [6, 6.07) is 31.2. The molecule has 8 rings (SSSR count). The lowest BCUT2D eigenvalue weighted by atomic mass is 9.75. The molecule has 3 aliphatic rings. The van der Waals surface area contributed by atoms with Crippen molar-refractivity contribution < 1.29 is 13.7 Å². The molecular formula is C39H39N5O3S. The number of urea groups is 1. The van der Waals surface area contributed by atoms with E-state index in [-0.39, 0.29) is 4.90 Å². The Morgan fingerprint density at radius 3 is 2.12 bits per heavy atom. The number of ether oxygens (including phenoxy) is 1. The summed E-state index contributed by atoms with van der Waals surface area (Å²) in [5, 5.41) is 7.81. The molecule has 2 N–H and O–H groups in total. The van der Waals surface area contributed by atoms with E-state index in [1.165, 1.54) is 28.5 Å². The molecule has 9 heteroatoms. The van der Waals surface area contributed by atoms with Gasteiger partial charge >= 0.3 is 6.03 Å². The zero-order valence-electron chi connectivity index (χ0n) is 27.4. The molecule has 244 valence electrons. The van der Waals surface area contributed by atoms with Gasteiger partial charge in [-0.25, -0.2) is 18.4 Å². The Morgan fingerprint density at radius 2 is 1.54 bits per heavy atom. The van der Waals surface area contributed by atoms with Gasteiger partial charge in [-0.15, -0.1) is 0 Å². The van der Waals surface area contributed by atoms with Gasteiger partial charge in [-0.3, -0.25) is 0 Å². The van der Waals surface area contributed by atoms with Gasteiger partial charge in [0, 0.05) is 5.69 Å². The Kier molecular flexibility index (Phi) is 7.21. The second-order valence-corrected chi connectivity index (χ2v) is 15.6. The van der Waals surface area contributed by atoms with E-state index in [1.807, 2.05) is 105 Å². The van der Waals surface area contributed by atoms with Crippen LogP contribution in [0.15, 0.2) is 113 Å². The summed E-state index contributed by atoms with van der Waals surface area (Å²) in [4.78, 5) is 14.5. The number of rotatable bonds is 7. The molecule has 0 radical (unpaired) electrons. The average molecular weight is 658 g/mol. The molecule has 2 amide bonds. The molecule has 1 aromatic heterocycles. The number of nitrogens with zero attached hydrogens (tertiary/aromatic N) is 3. The molecule has 2 aliphatic carbocycles. The van der Waals surface area contributed by atoms with Crippen molar-refractivity contribution in [3.8, 4) is 5.88 Å². The summed E-state index contributed by atoms with van der Waals surface area (Å²) in [5.74, 6) is 0.683. The molecule has 5 aromatic rings. The second kappa shape index (κ2) is 11.4. The summed E-state index contributed by atoms with van der Waals surface area (Å²) in [7, 11) is -3.80. The average Bonchev–Trinajstić information content (AvgIpc) is 3.82. The third-order valence-electron chi connectivity index (χ3n) is 9.98. The summed E-state index contributed by atoms with van der Waals surface area (Å²) in [6.07, 6.45) is 5.49. The Balaban J connectivity index is 1.35. The summed E-state index contributed by atoms with van der Waals surface area (Å²) < 4.78 is 32.1. The van der Waals surface area contributed by atoms with Crippen LogP contribution in [0.3, 0.4) is 0 Å². The molecule has 0 spiro atoms. The largest absolute Gasteiger partial charge is 0.474 e. The molecular weight excluding hydrogens is 619 g/mol. The monoisotopic (exact) mass is 657 g/mol. The van der Waals surface area contributed by atoms with E-state index in [2.05, 4.69) is 28.1 Å². The minimum absolute atomic E-state index is 0.232. The molecule has 0 bridgehead atoms. The van der Waals surface area contributed by atoms with E-state index in [1.54, 1.807) is 4.68 Å². The minimum atomic E-state index is -3.80. The summed E-state index contributed by atoms with van der Waals surface area (Å²) in [6.45, 7) is 6.56. The van der Waals surface area contributed by atoms with Crippen molar-refractivity contribution in [1.82, 2.24) is 14.5 Å². The number of benzene rings is 4. The van der Waals surface area contributed by atoms with Gasteiger partial charge in [-0.1, -0.05) is 104 Å². The van der Waals surface area contributed by atoms with Crippen LogP contribution in [0.5, 0.6) is 5.88 Å². The van der Waals surface area contributed by atoms with E-state index >= 15 is 4.21 Å². The fourth-order valence-electron chi connectivity index (χ4n) is 7.66. The molecule has 2 unspecified atom stereocenters. The lowest BCUT2D eigenvalue weighted by molar-refractivity contribution is 0.256. The fraction of sp³-hybridized carbons (Fsp3) is 0.282. The van der Waals surface area contributed by atoms with Crippen molar-refractivity contribution >= 4 is 21.6 Å². The zero-order valence-corrected chi connectivity index (χ0v) is 28.2. The highest BCUT2D eigenvalue weighted by Crippen LogP contribution is 2.47. The molecule has 0 saturated carbocycles. The Morgan fingerprint density at radius 1 is 0.938 bits per heavy atom. The Bertz CT molecular complexity index is 2050. The van der Waals surface area contributed by atoms with Crippen LogP contribution < -0.4 is 14.8 Å². The zero-order chi connectivity index (χ0) is 33.1. The first-order chi connectivity index (χ1) is 23.2. The SMILES string of the molecule is CC1Cc2cc3c(c(NC(=O)NS(=O)(=NC(c4ccccc4)(c4ccccc4)c4ccccc4)c4cnn5c4OCC5(C)C)c21)CCC3. The van der Waals surface area contributed by atoms with E-state index in [4.69, 9.17) is 9.10 Å². The number of hydrogen-bond acceptors (Lipinski definition) is 5. The van der Waals surface area contributed by atoms with Crippen molar-refractivity contribution in [2.45, 2.75) is 68.3 Å².